The topological polar surface area (TPSA) is 60.0 Å². The molecule has 86 valence electrons. The average Bonchev–Trinajstić information content (AvgIpc) is 2.66. The molecule has 0 saturated carbocycles. The van der Waals surface area contributed by atoms with Gasteiger partial charge in [-0.05, 0) is 26.1 Å². The number of aryl methyl sites for hydroxylation is 1. The molecule has 0 aliphatic rings. The number of nitrogens with two attached hydrogens (primary N) is 1. The van der Waals surface area contributed by atoms with Crippen LogP contribution in [0.4, 0.5) is 0 Å². The van der Waals surface area contributed by atoms with Crippen molar-refractivity contribution < 1.29 is 0 Å². The molecule has 0 radical (unpaired) electrons. The summed E-state index contributed by atoms with van der Waals surface area (Å²) in [5.41, 5.74) is 7.07. The second-order valence-corrected chi connectivity index (χ2v) is 3.70. The van der Waals surface area contributed by atoms with Crippen molar-refractivity contribution in [1.29, 1.82) is 0 Å². The van der Waals surface area contributed by atoms with Gasteiger partial charge in [-0.3, -0.25) is 4.68 Å². The fraction of sp³-hybridized carbons (Fsp3) is 0.800. The van der Waals surface area contributed by atoms with Crippen LogP contribution in [-0.2, 0) is 7.05 Å². The summed E-state index contributed by atoms with van der Waals surface area (Å²) >= 11 is 0. The fourth-order valence-electron chi connectivity index (χ4n) is 1.64. The third-order valence-corrected chi connectivity index (χ3v) is 2.78. The Balaban J connectivity index is 2.42. The van der Waals surface area contributed by atoms with Crippen LogP contribution in [0, 0.1) is 0 Å². The van der Waals surface area contributed by atoms with Crippen molar-refractivity contribution in [2.24, 2.45) is 12.8 Å². The number of hydrogen-bond donors (Lipinski definition) is 1. The normalized spacial score (nSPS) is 13.4. The highest BCUT2D eigenvalue weighted by molar-refractivity contribution is 5.00. The Morgan fingerprint density at radius 2 is 2.13 bits per heavy atom. The van der Waals surface area contributed by atoms with Gasteiger partial charge in [0.25, 0.3) is 0 Å². The molecule has 1 atom stereocenters. The minimum absolute atomic E-state index is 0.0330. The van der Waals surface area contributed by atoms with Crippen LogP contribution in [0.2, 0.25) is 0 Å². The van der Waals surface area contributed by atoms with Gasteiger partial charge in [0.05, 0.1) is 11.9 Å². The average molecular weight is 211 g/mol. The third-order valence-electron chi connectivity index (χ3n) is 2.78. The molecule has 1 aromatic heterocycles. The molecule has 1 unspecified atom stereocenters. The Bertz CT molecular complexity index is 279. The molecule has 15 heavy (non-hydrogen) atoms. The van der Waals surface area contributed by atoms with Gasteiger partial charge in [-0.2, -0.15) is 0 Å². The van der Waals surface area contributed by atoms with Gasteiger partial charge in [0.2, 0.25) is 0 Å². The van der Waals surface area contributed by atoms with E-state index in [9.17, 15) is 0 Å². The molecular formula is C10H21N5. The molecule has 0 aromatic carbocycles. The molecular weight excluding hydrogens is 190 g/mol. The first-order valence-electron chi connectivity index (χ1n) is 5.51. The predicted octanol–water partition coefficient (Wildman–Crippen LogP) is 0.547. The summed E-state index contributed by atoms with van der Waals surface area (Å²) in [6, 6.07) is 0.0330. The van der Waals surface area contributed by atoms with Crippen LogP contribution in [-0.4, -0.2) is 39.5 Å². The second kappa shape index (κ2) is 5.82. The summed E-state index contributed by atoms with van der Waals surface area (Å²) in [5, 5.41) is 7.71. The first-order chi connectivity index (χ1) is 7.19. The van der Waals surface area contributed by atoms with Crippen LogP contribution in [0.1, 0.15) is 32.0 Å². The summed E-state index contributed by atoms with van der Waals surface area (Å²) in [6.45, 7) is 7.51. The van der Waals surface area contributed by atoms with Crippen molar-refractivity contribution in [3.05, 3.63) is 11.9 Å². The Hall–Kier alpha value is -0.940. The summed E-state index contributed by atoms with van der Waals surface area (Å²) in [7, 11) is 1.87. The van der Waals surface area contributed by atoms with Crippen LogP contribution in [0.25, 0.3) is 0 Å². The van der Waals surface area contributed by atoms with Crippen molar-refractivity contribution in [3.8, 4) is 0 Å². The fourth-order valence-corrected chi connectivity index (χ4v) is 1.64. The summed E-state index contributed by atoms with van der Waals surface area (Å²) in [4.78, 5) is 2.36. The van der Waals surface area contributed by atoms with E-state index >= 15 is 0 Å². The van der Waals surface area contributed by atoms with Crippen LogP contribution in [0.3, 0.4) is 0 Å². The van der Waals surface area contributed by atoms with E-state index in [4.69, 9.17) is 5.73 Å². The van der Waals surface area contributed by atoms with Crippen LogP contribution < -0.4 is 5.73 Å². The first kappa shape index (κ1) is 12.1. The maximum atomic E-state index is 6.07. The monoisotopic (exact) mass is 211 g/mol. The molecule has 0 fully saturated rings. The van der Waals surface area contributed by atoms with Crippen LogP contribution >= 0.6 is 0 Å². The molecule has 5 nitrogen and oxygen atoms in total. The maximum Gasteiger partial charge on any atom is 0.0751 e. The lowest BCUT2D eigenvalue weighted by atomic mass is 10.1. The lowest BCUT2D eigenvalue weighted by molar-refractivity contribution is 0.289. The lowest BCUT2D eigenvalue weighted by Crippen LogP contribution is -2.27. The molecule has 1 heterocycles. The zero-order valence-electron chi connectivity index (χ0n) is 9.85. The molecule has 2 N–H and O–H groups in total. The van der Waals surface area contributed by atoms with Crippen molar-refractivity contribution in [2.75, 3.05) is 19.6 Å². The third kappa shape index (κ3) is 3.28. The van der Waals surface area contributed by atoms with Gasteiger partial charge in [-0.25, -0.2) is 0 Å². The molecule has 1 aromatic rings. The highest BCUT2D eigenvalue weighted by atomic mass is 15.4. The summed E-state index contributed by atoms with van der Waals surface area (Å²) < 4.78 is 1.74. The summed E-state index contributed by atoms with van der Waals surface area (Å²) in [5.74, 6) is 0. The standard InChI is InChI=1S/C10H21N5/c1-4-15(5-2)7-6-9(11)10-8-12-13-14(10)3/h8-9H,4-7,11H2,1-3H3. The molecule has 5 heteroatoms. The quantitative estimate of drug-likeness (QED) is 0.746. The number of nitrogens with zero attached hydrogens (tertiary/aromatic N) is 4. The van der Waals surface area contributed by atoms with Crippen molar-refractivity contribution in [1.82, 2.24) is 19.9 Å². The van der Waals surface area contributed by atoms with Gasteiger partial charge < -0.3 is 10.6 Å². The van der Waals surface area contributed by atoms with Gasteiger partial charge in [-0.1, -0.05) is 19.1 Å². The second-order valence-electron chi connectivity index (χ2n) is 3.70. The van der Waals surface area contributed by atoms with Gasteiger partial charge in [0.15, 0.2) is 0 Å². The molecule has 0 saturated heterocycles. The van der Waals surface area contributed by atoms with E-state index in [2.05, 4.69) is 29.1 Å². The van der Waals surface area contributed by atoms with Gasteiger partial charge in [0, 0.05) is 13.1 Å². The maximum absolute atomic E-state index is 6.07. The predicted molar refractivity (Wildman–Crippen MR) is 60.3 cm³/mol. The Labute approximate surface area is 91.2 Å². The van der Waals surface area contributed by atoms with Crippen LogP contribution in [0.15, 0.2) is 6.20 Å². The molecule has 0 amide bonds. The first-order valence-corrected chi connectivity index (χ1v) is 5.51. The molecule has 0 aliphatic heterocycles. The molecule has 1 rings (SSSR count). The van der Waals surface area contributed by atoms with Crippen molar-refractivity contribution >= 4 is 0 Å². The lowest BCUT2D eigenvalue weighted by Gasteiger charge is -2.20. The Morgan fingerprint density at radius 3 is 2.60 bits per heavy atom. The van der Waals surface area contributed by atoms with E-state index < -0.39 is 0 Å². The minimum Gasteiger partial charge on any atom is -0.323 e. The van der Waals surface area contributed by atoms with E-state index in [1.165, 1.54) is 0 Å². The zero-order valence-corrected chi connectivity index (χ0v) is 9.85. The van der Waals surface area contributed by atoms with Gasteiger partial charge >= 0.3 is 0 Å². The molecule has 0 spiro atoms. The van der Waals surface area contributed by atoms with E-state index in [0.29, 0.717) is 0 Å². The van der Waals surface area contributed by atoms with E-state index in [-0.39, 0.29) is 6.04 Å². The van der Waals surface area contributed by atoms with E-state index in [0.717, 1.165) is 31.7 Å². The highest BCUT2D eigenvalue weighted by Crippen LogP contribution is 2.11. The van der Waals surface area contributed by atoms with E-state index in [1.807, 2.05) is 7.05 Å². The van der Waals surface area contributed by atoms with Gasteiger partial charge in [0.1, 0.15) is 0 Å². The highest BCUT2D eigenvalue weighted by Gasteiger charge is 2.11. The molecule has 0 aliphatic carbocycles. The number of hydrogen-bond acceptors (Lipinski definition) is 4. The van der Waals surface area contributed by atoms with E-state index in [1.54, 1.807) is 10.9 Å². The Morgan fingerprint density at radius 1 is 1.47 bits per heavy atom. The zero-order chi connectivity index (χ0) is 11.3. The number of rotatable bonds is 6. The SMILES string of the molecule is CCN(CC)CCC(N)c1cnnn1C. The largest absolute Gasteiger partial charge is 0.323 e. The van der Waals surface area contributed by atoms with Crippen LogP contribution in [0.5, 0.6) is 0 Å². The minimum atomic E-state index is 0.0330. The van der Waals surface area contributed by atoms with Crippen molar-refractivity contribution in [2.45, 2.75) is 26.3 Å². The number of aromatic nitrogens is 3. The summed E-state index contributed by atoms with van der Waals surface area (Å²) in [6.07, 6.45) is 2.69. The van der Waals surface area contributed by atoms with Crippen molar-refractivity contribution in [3.63, 3.8) is 0 Å². The van der Waals surface area contributed by atoms with Gasteiger partial charge in [-0.15, -0.1) is 5.10 Å². The smallest absolute Gasteiger partial charge is 0.0751 e. The molecule has 0 bridgehead atoms. The Kier molecular flexibility index (Phi) is 4.71.